The van der Waals surface area contributed by atoms with Crippen LogP contribution in [0, 0.1) is 0 Å². The van der Waals surface area contributed by atoms with Gasteiger partial charge in [-0.05, 0) is 13.0 Å². The van der Waals surface area contributed by atoms with E-state index in [4.69, 9.17) is 5.84 Å². The molecule has 0 spiro atoms. The molecule has 0 bridgehead atoms. The first-order chi connectivity index (χ1) is 8.22. The van der Waals surface area contributed by atoms with Gasteiger partial charge in [0.2, 0.25) is 5.91 Å². The molecule has 88 valence electrons. The minimum atomic E-state index is -0.293. The lowest BCUT2D eigenvalue weighted by molar-refractivity contribution is -0.120. The Morgan fingerprint density at radius 3 is 2.94 bits per heavy atom. The zero-order valence-corrected chi connectivity index (χ0v) is 10.1. The zero-order valence-electron chi connectivity index (χ0n) is 9.25. The van der Waals surface area contributed by atoms with E-state index < -0.39 is 0 Å². The third-order valence-corrected chi connectivity index (χ3v) is 3.42. The number of carbonyl (C=O) groups is 1. The lowest BCUT2D eigenvalue weighted by Gasteiger charge is -2.09. The minimum absolute atomic E-state index is 0.224. The second-order valence-corrected chi connectivity index (χ2v) is 4.79. The van der Waals surface area contributed by atoms with Gasteiger partial charge < -0.3 is 0 Å². The highest BCUT2D eigenvalue weighted by molar-refractivity contribution is 8.00. The molecule has 2 rings (SSSR count). The standard InChI is InChI=1S/C11H12N4OS/c1-7(10(16)15-12)17-11-8-4-2-3-5-9(8)13-6-14-11/h2-7H,12H2,1H3,(H,15,16). The first kappa shape index (κ1) is 11.8. The number of nitrogens with one attached hydrogen (secondary N) is 1. The van der Waals surface area contributed by atoms with Crippen molar-refractivity contribution in [2.24, 2.45) is 5.84 Å². The highest BCUT2D eigenvalue weighted by atomic mass is 32.2. The number of fused-ring (bicyclic) bond motifs is 1. The van der Waals surface area contributed by atoms with Gasteiger partial charge in [-0.15, -0.1) is 0 Å². The molecule has 1 aromatic carbocycles. The Morgan fingerprint density at radius 1 is 1.41 bits per heavy atom. The Bertz CT molecular complexity index is 540. The average Bonchev–Trinajstić information content (AvgIpc) is 2.38. The topological polar surface area (TPSA) is 80.9 Å². The first-order valence-corrected chi connectivity index (χ1v) is 5.97. The number of amides is 1. The molecule has 5 nitrogen and oxygen atoms in total. The number of hydrogen-bond acceptors (Lipinski definition) is 5. The number of hydrogen-bond donors (Lipinski definition) is 2. The molecule has 0 aliphatic carbocycles. The van der Waals surface area contributed by atoms with Crippen LogP contribution < -0.4 is 11.3 Å². The fraction of sp³-hybridized carbons (Fsp3) is 0.182. The van der Waals surface area contributed by atoms with Crippen LogP contribution in [0.4, 0.5) is 0 Å². The van der Waals surface area contributed by atoms with Crippen LogP contribution in [0.15, 0.2) is 35.6 Å². The molecule has 1 atom stereocenters. The van der Waals surface area contributed by atoms with Crippen molar-refractivity contribution >= 4 is 28.6 Å². The lowest BCUT2D eigenvalue weighted by atomic mass is 10.2. The molecule has 1 amide bonds. The Kier molecular flexibility index (Phi) is 3.55. The number of aromatic nitrogens is 2. The van der Waals surface area contributed by atoms with E-state index >= 15 is 0 Å². The summed E-state index contributed by atoms with van der Waals surface area (Å²) in [4.78, 5) is 19.7. The molecule has 0 aliphatic rings. The summed E-state index contributed by atoms with van der Waals surface area (Å²) >= 11 is 1.36. The molecule has 0 saturated heterocycles. The molecule has 1 unspecified atom stereocenters. The summed E-state index contributed by atoms with van der Waals surface area (Å²) < 4.78 is 0. The minimum Gasteiger partial charge on any atom is -0.293 e. The fourth-order valence-electron chi connectivity index (χ4n) is 1.41. The summed E-state index contributed by atoms with van der Waals surface area (Å²) in [6.07, 6.45) is 1.50. The molecule has 2 aromatic rings. The number of carbonyl (C=O) groups excluding carboxylic acids is 1. The van der Waals surface area contributed by atoms with Crippen LogP contribution in [0.3, 0.4) is 0 Å². The molecular weight excluding hydrogens is 236 g/mol. The SMILES string of the molecule is CC(Sc1ncnc2ccccc12)C(=O)NN. The van der Waals surface area contributed by atoms with Crippen molar-refractivity contribution in [2.75, 3.05) is 0 Å². The van der Waals surface area contributed by atoms with Crippen LogP contribution in [0.2, 0.25) is 0 Å². The maximum absolute atomic E-state index is 11.4. The predicted molar refractivity (Wildman–Crippen MR) is 67.2 cm³/mol. The number of thioether (sulfide) groups is 1. The van der Waals surface area contributed by atoms with Crippen molar-refractivity contribution in [3.63, 3.8) is 0 Å². The molecule has 1 aromatic heterocycles. The van der Waals surface area contributed by atoms with Gasteiger partial charge in [0.1, 0.15) is 11.4 Å². The molecule has 6 heteroatoms. The van der Waals surface area contributed by atoms with Gasteiger partial charge in [-0.2, -0.15) is 0 Å². The van der Waals surface area contributed by atoms with Crippen molar-refractivity contribution in [3.8, 4) is 0 Å². The number of rotatable bonds is 3. The van der Waals surface area contributed by atoms with E-state index in [9.17, 15) is 4.79 Å². The summed E-state index contributed by atoms with van der Waals surface area (Å²) in [5.41, 5.74) is 3.00. The van der Waals surface area contributed by atoms with Gasteiger partial charge in [0, 0.05) is 5.39 Å². The van der Waals surface area contributed by atoms with Crippen molar-refractivity contribution in [2.45, 2.75) is 17.2 Å². The molecule has 3 N–H and O–H groups in total. The Balaban J connectivity index is 2.33. The molecule has 1 heterocycles. The molecule has 0 aliphatic heterocycles. The van der Waals surface area contributed by atoms with Gasteiger partial charge in [0.05, 0.1) is 10.8 Å². The number of benzene rings is 1. The van der Waals surface area contributed by atoms with Gasteiger partial charge in [0.25, 0.3) is 0 Å². The van der Waals surface area contributed by atoms with E-state index in [0.29, 0.717) is 0 Å². The van der Waals surface area contributed by atoms with Crippen LogP contribution in [-0.4, -0.2) is 21.1 Å². The van der Waals surface area contributed by atoms with Crippen molar-refractivity contribution in [1.29, 1.82) is 0 Å². The normalized spacial score (nSPS) is 12.4. The van der Waals surface area contributed by atoms with E-state index in [2.05, 4.69) is 15.4 Å². The van der Waals surface area contributed by atoms with Crippen LogP contribution in [0.1, 0.15) is 6.92 Å². The third-order valence-electron chi connectivity index (χ3n) is 2.31. The maximum Gasteiger partial charge on any atom is 0.247 e. The van der Waals surface area contributed by atoms with Crippen LogP contribution >= 0.6 is 11.8 Å². The Hall–Kier alpha value is -1.66. The van der Waals surface area contributed by atoms with Crippen molar-refractivity contribution in [3.05, 3.63) is 30.6 Å². The third kappa shape index (κ3) is 2.54. The first-order valence-electron chi connectivity index (χ1n) is 5.09. The predicted octanol–water partition coefficient (Wildman–Crippen LogP) is 1.10. The van der Waals surface area contributed by atoms with Gasteiger partial charge >= 0.3 is 0 Å². The Labute approximate surface area is 103 Å². The molecule has 17 heavy (non-hydrogen) atoms. The monoisotopic (exact) mass is 248 g/mol. The van der Waals surface area contributed by atoms with Crippen molar-refractivity contribution < 1.29 is 4.79 Å². The van der Waals surface area contributed by atoms with Gasteiger partial charge in [-0.25, -0.2) is 15.8 Å². The summed E-state index contributed by atoms with van der Waals surface area (Å²) in [6, 6.07) is 7.68. The lowest BCUT2D eigenvalue weighted by Crippen LogP contribution is -2.36. The molecule has 0 saturated carbocycles. The van der Waals surface area contributed by atoms with E-state index in [-0.39, 0.29) is 11.2 Å². The molecule has 0 fully saturated rings. The average molecular weight is 248 g/mol. The van der Waals surface area contributed by atoms with E-state index in [0.717, 1.165) is 15.9 Å². The van der Waals surface area contributed by atoms with Crippen LogP contribution in [-0.2, 0) is 4.79 Å². The zero-order chi connectivity index (χ0) is 12.3. The fourth-order valence-corrected chi connectivity index (χ4v) is 2.33. The van der Waals surface area contributed by atoms with E-state index in [1.807, 2.05) is 24.3 Å². The highest BCUT2D eigenvalue weighted by Gasteiger charge is 2.15. The number of para-hydroxylation sites is 1. The number of hydrazine groups is 1. The number of nitrogens with two attached hydrogens (primary N) is 1. The van der Waals surface area contributed by atoms with Crippen molar-refractivity contribution in [1.82, 2.24) is 15.4 Å². The summed E-state index contributed by atoms with van der Waals surface area (Å²) in [5.74, 6) is 4.87. The molecule has 0 radical (unpaired) electrons. The van der Waals surface area contributed by atoms with E-state index in [1.54, 1.807) is 6.92 Å². The highest BCUT2D eigenvalue weighted by Crippen LogP contribution is 2.27. The summed E-state index contributed by atoms with van der Waals surface area (Å²) in [5, 5.41) is 1.43. The summed E-state index contributed by atoms with van der Waals surface area (Å²) in [6.45, 7) is 1.78. The summed E-state index contributed by atoms with van der Waals surface area (Å²) in [7, 11) is 0. The maximum atomic E-state index is 11.4. The second-order valence-electron chi connectivity index (χ2n) is 3.46. The largest absolute Gasteiger partial charge is 0.293 e. The van der Waals surface area contributed by atoms with Crippen LogP contribution in [0.25, 0.3) is 10.9 Å². The molecular formula is C11H12N4OS. The smallest absolute Gasteiger partial charge is 0.247 e. The van der Waals surface area contributed by atoms with Gasteiger partial charge in [0.15, 0.2) is 0 Å². The van der Waals surface area contributed by atoms with Crippen LogP contribution in [0.5, 0.6) is 0 Å². The second kappa shape index (κ2) is 5.11. The Morgan fingerprint density at radius 2 is 2.18 bits per heavy atom. The quantitative estimate of drug-likeness (QED) is 0.279. The number of nitrogens with zero attached hydrogens (tertiary/aromatic N) is 2. The van der Waals surface area contributed by atoms with Gasteiger partial charge in [-0.3, -0.25) is 10.2 Å². The van der Waals surface area contributed by atoms with Gasteiger partial charge in [-0.1, -0.05) is 30.0 Å². The van der Waals surface area contributed by atoms with E-state index in [1.165, 1.54) is 18.1 Å².